The van der Waals surface area contributed by atoms with Gasteiger partial charge in [-0.3, -0.25) is 0 Å². The van der Waals surface area contributed by atoms with Gasteiger partial charge in [-0.2, -0.15) is 0 Å². The van der Waals surface area contributed by atoms with E-state index in [1.165, 1.54) is 11.0 Å². The molecule has 0 radical (unpaired) electrons. The first-order valence-electron chi connectivity index (χ1n) is 4.36. The van der Waals surface area contributed by atoms with Crippen LogP contribution in [0.4, 0.5) is 4.79 Å². The molecule has 1 N–H and O–H groups in total. The van der Waals surface area contributed by atoms with Gasteiger partial charge in [0, 0.05) is 12.4 Å². The fraction of sp³-hybridized carbons (Fsp3) is 0. The molecule has 0 spiro atoms. The fourth-order valence-electron chi connectivity index (χ4n) is 1.05. The van der Waals surface area contributed by atoms with Crippen molar-refractivity contribution in [1.29, 1.82) is 0 Å². The predicted molar refractivity (Wildman–Crippen MR) is 54.1 cm³/mol. The molecule has 1 aromatic carbocycles. The lowest BCUT2D eigenvalue weighted by Gasteiger charge is -2.05. The van der Waals surface area contributed by atoms with Crippen molar-refractivity contribution in [3.05, 3.63) is 49.1 Å². The summed E-state index contributed by atoms with van der Waals surface area (Å²) in [5, 5.41) is 0. The lowest BCUT2D eigenvalue weighted by molar-refractivity contribution is 0.212. The Hall–Kier alpha value is -2.30. The molecule has 0 atom stereocenters. The van der Waals surface area contributed by atoms with E-state index in [4.69, 9.17) is 4.74 Å². The van der Waals surface area contributed by atoms with Gasteiger partial charge in [0.2, 0.25) is 0 Å². The maximum atomic E-state index is 11.3. The number of imidazole rings is 1. The first-order chi connectivity index (χ1) is 7.34. The molecule has 15 heavy (non-hydrogen) atoms. The third-order valence-electron chi connectivity index (χ3n) is 1.68. The lowest BCUT2D eigenvalue weighted by atomic mass is 10.3. The minimum Gasteiger partial charge on any atom is -0.409 e. The zero-order chi connectivity index (χ0) is 10.5. The molecule has 0 aliphatic rings. The van der Waals surface area contributed by atoms with Crippen LogP contribution in [0, 0.1) is 0 Å². The number of nitrogens with zero attached hydrogens (tertiary/aromatic N) is 2. The van der Waals surface area contributed by atoms with E-state index in [1.54, 1.807) is 36.7 Å². The summed E-state index contributed by atoms with van der Waals surface area (Å²) in [6.45, 7) is 0. The van der Waals surface area contributed by atoms with Gasteiger partial charge in [-0.1, -0.05) is 18.2 Å². The Balaban J connectivity index is 1.94. The highest BCUT2D eigenvalue weighted by molar-refractivity contribution is 5.78. The van der Waals surface area contributed by atoms with Crippen LogP contribution in [0.25, 0.3) is 0 Å². The predicted octanol–water partition coefficient (Wildman–Crippen LogP) is 1.63. The summed E-state index contributed by atoms with van der Waals surface area (Å²) in [6, 6.07) is 8.83. The first-order valence-corrected chi connectivity index (χ1v) is 4.36. The Morgan fingerprint density at radius 3 is 2.80 bits per heavy atom. The Morgan fingerprint density at radius 1 is 1.33 bits per heavy atom. The summed E-state index contributed by atoms with van der Waals surface area (Å²) in [7, 11) is 0. The zero-order valence-electron chi connectivity index (χ0n) is 7.83. The molecule has 1 aromatic heterocycles. The standard InChI is InChI=1S/C10H9N3O2/c14-10(12-13-7-6-11-8-13)15-9-4-2-1-3-5-9/h1-8H,(H,12,14). The van der Waals surface area contributed by atoms with Gasteiger partial charge < -0.3 is 4.74 Å². The molecular formula is C10H9N3O2. The molecule has 1 heterocycles. The van der Waals surface area contributed by atoms with Crippen LogP contribution in [0.3, 0.4) is 0 Å². The van der Waals surface area contributed by atoms with Crippen LogP contribution < -0.4 is 10.2 Å². The number of aromatic nitrogens is 2. The highest BCUT2D eigenvalue weighted by atomic mass is 16.6. The highest BCUT2D eigenvalue weighted by Gasteiger charge is 2.02. The molecule has 0 saturated heterocycles. The molecule has 0 bridgehead atoms. The molecule has 5 nitrogen and oxygen atoms in total. The molecule has 2 rings (SSSR count). The van der Waals surface area contributed by atoms with Crippen LogP contribution in [0.5, 0.6) is 5.75 Å². The van der Waals surface area contributed by atoms with Gasteiger partial charge in [-0.05, 0) is 12.1 Å². The van der Waals surface area contributed by atoms with E-state index in [9.17, 15) is 4.79 Å². The van der Waals surface area contributed by atoms with Gasteiger partial charge in [0.25, 0.3) is 0 Å². The van der Waals surface area contributed by atoms with Gasteiger partial charge in [-0.25, -0.2) is 19.9 Å². The molecule has 2 aromatic rings. The van der Waals surface area contributed by atoms with Crippen molar-refractivity contribution in [1.82, 2.24) is 9.66 Å². The van der Waals surface area contributed by atoms with Crippen molar-refractivity contribution in [2.75, 3.05) is 5.43 Å². The Labute approximate surface area is 86.3 Å². The van der Waals surface area contributed by atoms with Gasteiger partial charge in [0.05, 0.1) is 0 Å². The smallest absolute Gasteiger partial charge is 0.409 e. The molecule has 0 fully saturated rings. The average Bonchev–Trinajstić information content (AvgIpc) is 2.71. The summed E-state index contributed by atoms with van der Waals surface area (Å²) < 4.78 is 6.40. The maximum Gasteiger partial charge on any atom is 0.431 e. The minimum absolute atomic E-state index is 0.495. The van der Waals surface area contributed by atoms with E-state index in [0.29, 0.717) is 5.75 Å². The van der Waals surface area contributed by atoms with Crippen molar-refractivity contribution < 1.29 is 9.53 Å². The number of ether oxygens (including phenoxy) is 1. The Kier molecular flexibility index (Phi) is 2.64. The van der Waals surface area contributed by atoms with Crippen LogP contribution in [0.1, 0.15) is 0 Å². The molecule has 0 saturated carbocycles. The van der Waals surface area contributed by atoms with Crippen molar-refractivity contribution in [2.24, 2.45) is 0 Å². The van der Waals surface area contributed by atoms with Crippen LogP contribution >= 0.6 is 0 Å². The molecular weight excluding hydrogens is 194 g/mol. The number of benzene rings is 1. The van der Waals surface area contributed by atoms with Gasteiger partial charge in [0.1, 0.15) is 12.1 Å². The van der Waals surface area contributed by atoms with Crippen LogP contribution in [-0.2, 0) is 0 Å². The summed E-state index contributed by atoms with van der Waals surface area (Å²) >= 11 is 0. The van der Waals surface area contributed by atoms with Crippen molar-refractivity contribution in [3.63, 3.8) is 0 Å². The van der Waals surface area contributed by atoms with E-state index in [-0.39, 0.29) is 0 Å². The number of carbonyl (C=O) groups is 1. The minimum atomic E-state index is -0.556. The van der Waals surface area contributed by atoms with Gasteiger partial charge >= 0.3 is 6.09 Å². The third kappa shape index (κ3) is 2.57. The number of rotatable bonds is 2. The highest BCUT2D eigenvalue weighted by Crippen LogP contribution is 2.08. The largest absolute Gasteiger partial charge is 0.431 e. The topological polar surface area (TPSA) is 56.2 Å². The summed E-state index contributed by atoms with van der Waals surface area (Å²) in [5.41, 5.74) is 2.46. The monoisotopic (exact) mass is 203 g/mol. The van der Waals surface area contributed by atoms with Crippen molar-refractivity contribution in [2.45, 2.75) is 0 Å². The summed E-state index contributed by atoms with van der Waals surface area (Å²) in [4.78, 5) is 15.1. The number of carbonyl (C=O) groups excluding carboxylic acids is 1. The van der Waals surface area contributed by atoms with E-state index < -0.39 is 6.09 Å². The first kappa shape index (κ1) is 9.26. The Morgan fingerprint density at radius 2 is 2.13 bits per heavy atom. The SMILES string of the molecule is O=C(Nn1ccnc1)Oc1ccccc1. The van der Waals surface area contributed by atoms with E-state index in [0.717, 1.165) is 0 Å². The number of para-hydroxylation sites is 1. The zero-order valence-corrected chi connectivity index (χ0v) is 7.83. The van der Waals surface area contributed by atoms with Gasteiger partial charge in [0.15, 0.2) is 0 Å². The number of hydrogen-bond acceptors (Lipinski definition) is 3. The van der Waals surface area contributed by atoms with Crippen LogP contribution in [0.15, 0.2) is 49.1 Å². The normalized spacial score (nSPS) is 9.60. The molecule has 76 valence electrons. The number of hydrogen-bond donors (Lipinski definition) is 1. The van der Waals surface area contributed by atoms with Crippen molar-refractivity contribution in [3.8, 4) is 5.75 Å². The number of nitrogens with one attached hydrogen (secondary N) is 1. The third-order valence-corrected chi connectivity index (χ3v) is 1.68. The molecule has 0 aliphatic heterocycles. The quantitative estimate of drug-likeness (QED) is 0.806. The van der Waals surface area contributed by atoms with E-state index in [1.807, 2.05) is 6.07 Å². The average molecular weight is 203 g/mol. The number of amides is 1. The molecule has 1 amide bonds. The van der Waals surface area contributed by atoms with Crippen LogP contribution in [-0.4, -0.2) is 15.8 Å². The second kappa shape index (κ2) is 4.28. The molecule has 0 aliphatic carbocycles. The maximum absolute atomic E-state index is 11.3. The second-order valence-electron chi connectivity index (χ2n) is 2.78. The van der Waals surface area contributed by atoms with E-state index in [2.05, 4.69) is 10.4 Å². The fourth-order valence-corrected chi connectivity index (χ4v) is 1.05. The van der Waals surface area contributed by atoms with Crippen molar-refractivity contribution >= 4 is 6.09 Å². The Bertz CT molecular complexity index is 425. The molecule has 0 unspecified atom stereocenters. The molecule has 5 heteroatoms. The lowest BCUT2D eigenvalue weighted by Crippen LogP contribution is -2.24. The van der Waals surface area contributed by atoms with E-state index >= 15 is 0 Å². The van der Waals surface area contributed by atoms with Crippen LogP contribution in [0.2, 0.25) is 0 Å². The van der Waals surface area contributed by atoms with Gasteiger partial charge in [-0.15, -0.1) is 0 Å². The summed E-state index contributed by atoms with van der Waals surface area (Å²) in [5.74, 6) is 0.495. The summed E-state index contributed by atoms with van der Waals surface area (Å²) in [6.07, 6.45) is 4.07. The second-order valence-corrected chi connectivity index (χ2v) is 2.78.